The number of fused-ring (bicyclic) bond motifs is 1. The molecule has 2 aliphatic rings. The van der Waals surface area contributed by atoms with Crippen molar-refractivity contribution in [1.29, 1.82) is 0 Å². The molecule has 3 nitrogen and oxygen atoms in total. The summed E-state index contributed by atoms with van der Waals surface area (Å²) < 4.78 is 5.50. The van der Waals surface area contributed by atoms with Crippen LogP contribution in [0.25, 0.3) is 0 Å². The van der Waals surface area contributed by atoms with Crippen LogP contribution in [0.5, 0.6) is 5.75 Å². The van der Waals surface area contributed by atoms with Gasteiger partial charge < -0.3 is 14.7 Å². The minimum Gasteiger partial charge on any atom is -0.493 e. The molecule has 0 aromatic heterocycles. The second-order valence-electron chi connectivity index (χ2n) is 5.03. The molecule has 0 amide bonds. The van der Waals surface area contributed by atoms with E-state index in [1.165, 1.54) is 11.1 Å². The maximum Gasteiger partial charge on any atom is 0.122 e. The highest BCUT2D eigenvalue weighted by atomic mass is 16.5. The molecule has 0 bridgehead atoms. The quantitative estimate of drug-likeness (QED) is 0.852. The fraction of sp³-hybridized carbons (Fsp3) is 0.571. The second-order valence-corrected chi connectivity index (χ2v) is 5.03. The first kappa shape index (κ1) is 11.1. The van der Waals surface area contributed by atoms with E-state index in [0.717, 1.165) is 51.3 Å². The summed E-state index contributed by atoms with van der Waals surface area (Å²) >= 11 is 0. The number of hydrogen-bond acceptors (Lipinski definition) is 3. The minimum atomic E-state index is -0.108. The van der Waals surface area contributed by atoms with Crippen LogP contribution in [-0.4, -0.2) is 42.4 Å². The normalized spacial score (nSPS) is 23.7. The summed E-state index contributed by atoms with van der Waals surface area (Å²) in [5.74, 6) is 1.06. The fourth-order valence-electron chi connectivity index (χ4n) is 2.70. The Morgan fingerprint density at radius 3 is 3.18 bits per heavy atom. The van der Waals surface area contributed by atoms with Crippen LogP contribution in [0.15, 0.2) is 18.2 Å². The van der Waals surface area contributed by atoms with Gasteiger partial charge >= 0.3 is 0 Å². The lowest BCUT2D eigenvalue weighted by Crippen LogP contribution is -2.24. The molecule has 3 rings (SSSR count). The van der Waals surface area contributed by atoms with Crippen LogP contribution in [0.4, 0.5) is 0 Å². The van der Waals surface area contributed by atoms with Crippen molar-refractivity contribution in [3.8, 4) is 5.75 Å². The third-order valence-electron chi connectivity index (χ3n) is 3.72. The van der Waals surface area contributed by atoms with E-state index in [1.807, 2.05) is 0 Å². The summed E-state index contributed by atoms with van der Waals surface area (Å²) in [6.45, 7) is 3.76. The van der Waals surface area contributed by atoms with Crippen molar-refractivity contribution in [1.82, 2.24) is 4.90 Å². The van der Waals surface area contributed by atoms with Gasteiger partial charge in [0, 0.05) is 26.1 Å². The first-order valence-corrected chi connectivity index (χ1v) is 6.46. The van der Waals surface area contributed by atoms with Crippen molar-refractivity contribution in [2.75, 3.05) is 26.2 Å². The molecule has 2 heterocycles. The summed E-state index contributed by atoms with van der Waals surface area (Å²) in [5.41, 5.74) is 2.74. The molecule has 0 unspecified atom stereocenters. The zero-order valence-electron chi connectivity index (χ0n) is 10.1. The lowest BCUT2D eigenvalue weighted by Gasteiger charge is -2.14. The molecular weight excluding hydrogens is 214 g/mol. The Labute approximate surface area is 102 Å². The minimum absolute atomic E-state index is 0.108. The van der Waals surface area contributed by atoms with E-state index in [1.54, 1.807) is 0 Å². The summed E-state index contributed by atoms with van der Waals surface area (Å²) in [5, 5.41) is 9.47. The van der Waals surface area contributed by atoms with Crippen LogP contribution in [0.2, 0.25) is 0 Å². The predicted octanol–water partition coefficient (Wildman–Crippen LogP) is 1.23. The molecular formula is C14H19NO2. The summed E-state index contributed by atoms with van der Waals surface area (Å²) in [6.07, 6.45) is 2.94. The summed E-state index contributed by atoms with van der Waals surface area (Å²) in [4.78, 5) is 2.34. The smallest absolute Gasteiger partial charge is 0.122 e. The number of rotatable bonds is 3. The highest BCUT2D eigenvalue weighted by Crippen LogP contribution is 2.26. The molecule has 92 valence electrons. The van der Waals surface area contributed by atoms with Gasteiger partial charge in [-0.05, 0) is 30.0 Å². The van der Waals surface area contributed by atoms with Crippen molar-refractivity contribution in [3.63, 3.8) is 0 Å². The van der Waals surface area contributed by atoms with Crippen molar-refractivity contribution < 1.29 is 9.84 Å². The number of ether oxygens (including phenoxy) is 1. The van der Waals surface area contributed by atoms with Crippen LogP contribution in [0.3, 0.4) is 0 Å². The highest BCUT2D eigenvalue weighted by Gasteiger charge is 2.19. The Morgan fingerprint density at radius 1 is 1.41 bits per heavy atom. The number of β-amino-alcohol motifs (C(OH)–C–C–N with tert-alkyl or cyclic N) is 1. The molecule has 0 aliphatic carbocycles. The summed E-state index contributed by atoms with van der Waals surface area (Å²) in [7, 11) is 0. The van der Waals surface area contributed by atoms with Gasteiger partial charge in [-0.1, -0.05) is 12.1 Å². The van der Waals surface area contributed by atoms with E-state index in [-0.39, 0.29) is 6.10 Å². The van der Waals surface area contributed by atoms with Gasteiger partial charge in [-0.15, -0.1) is 0 Å². The number of hydrogen-bond donors (Lipinski definition) is 1. The van der Waals surface area contributed by atoms with E-state index in [4.69, 9.17) is 4.74 Å². The van der Waals surface area contributed by atoms with Crippen LogP contribution >= 0.6 is 0 Å². The Bertz CT molecular complexity index is 405. The van der Waals surface area contributed by atoms with E-state index >= 15 is 0 Å². The molecule has 1 saturated heterocycles. The van der Waals surface area contributed by atoms with Crippen molar-refractivity contribution in [2.24, 2.45) is 0 Å². The topological polar surface area (TPSA) is 32.7 Å². The van der Waals surface area contributed by atoms with Gasteiger partial charge in [0.05, 0.1) is 12.7 Å². The van der Waals surface area contributed by atoms with Crippen LogP contribution in [0, 0.1) is 0 Å². The predicted molar refractivity (Wildman–Crippen MR) is 66.4 cm³/mol. The molecule has 0 spiro atoms. The molecule has 0 radical (unpaired) electrons. The van der Waals surface area contributed by atoms with Crippen molar-refractivity contribution in [2.45, 2.75) is 25.4 Å². The van der Waals surface area contributed by atoms with E-state index in [2.05, 4.69) is 23.1 Å². The number of nitrogens with zero attached hydrogens (tertiary/aromatic N) is 1. The van der Waals surface area contributed by atoms with Crippen LogP contribution in [0.1, 0.15) is 17.5 Å². The number of likely N-dealkylation sites (tertiary alicyclic amines) is 1. The monoisotopic (exact) mass is 233 g/mol. The number of aliphatic hydroxyl groups excluding tert-OH is 1. The lowest BCUT2D eigenvalue weighted by atomic mass is 10.1. The van der Waals surface area contributed by atoms with Crippen molar-refractivity contribution in [3.05, 3.63) is 29.3 Å². The SMILES string of the molecule is O[C@@H]1CCN(CCc2ccc3c(c2)CCO3)C1. The maximum atomic E-state index is 9.47. The molecule has 3 heteroatoms. The third kappa shape index (κ3) is 2.45. The molecule has 1 N–H and O–H groups in total. The van der Waals surface area contributed by atoms with Crippen LogP contribution < -0.4 is 4.74 Å². The Kier molecular flexibility index (Phi) is 3.04. The Hall–Kier alpha value is -1.06. The third-order valence-corrected chi connectivity index (χ3v) is 3.72. The van der Waals surface area contributed by atoms with E-state index in [9.17, 15) is 5.11 Å². The molecule has 2 aliphatic heterocycles. The largest absolute Gasteiger partial charge is 0.493 e. The maximum absolute atomic E-state index is 9.47. The van der Waals surface area contributed by atoms with Gasteiger partial charge in [0.1, 0.15) is 5.75 Å². The average Bonchev–Trinajstić information content (AvgIpc) is 2.94. The van der Waals surface area contributed by atoms with Gasteiger partial charge in [0.15, 0.2) is 0 Å². The van der Waals surface area contributed by atoms with Crippen LogP contribution in [-0.2, 0) is 12.8 Å². The molecule has 17 heavy (non-hydrogen) atoms. The van der Waals surface area contributed by atoms with E-state index < -0.39 is 0 Å². The fourth-order valence-corrected chi connectivity index (χ4v) is 2.70. The highest BCUT2D eigenvalue weighted by molar-refractivity contribution is 5.39. The Morgan fingerprint density at radius 2 is 2.35 bits per heavy atom. The van der Waals surface area contributed by atoms with E-state index in [0.29, 0.717) is 0 Å². The Balaban J connectivity index is 1.58. The second kappa shape index (κ2) is 4.67. The molecule has 1 fully saturated rings. The zero-order valence-corrected chi connectivity index (χ0v) is 10.1. The lowest BCUT2D eigenvalue weighted by molar-refractivity contribution is 0.177. The average molecular weight is 233 g/mol. The molecule has 1 atom stereocenters. The van der Waals surface area contributed by atoms with Gasteiger partial charge in [0.2, 0.25) is 0 Å². The van der Waals surface area contributed by atoms with Gasteiger partial charge in [-0.25, -0.2) is 0 Å². The first-order chi connectivity index (χ1) is 8.31. The zero-order chi connectivity index (χ0) is 11.7. The van der Waals surface area contributed by atoms with Gasteiger partial charge in [0.25, 0.3) is 0 Å². The molecule has 1 aromatic rings. The first-order valence-electron chi connectivity index (χ1n) is 6.46. The number of aliphatic hydroxyl groups is 1. The van der Waals surface area contributed by atoms with Gasteiger partial charge in [-0.3, -0.25) is 0 Å². The molecule has 0 saturated carbocycles. The van der Waals surface area contributed by atoms with Crippen molar-refractivity contribution >= 4 is 0 Å². The summed E-state index contributed by atoms with van der Waals surface area (Å²) in [6, 6.07) is 6.53. The molecule has 1 aromatic carbocycles. The van der Waals surface area contributed by atoms with Gasteiger partial charge in [-0.2, -0.15) is 0 Å². The number of benzene rings is 1. The standard InChI is InChI=1S/C14H19NO2/c16-13-4-7-15(10-13)6-3-11-1-2-14-12(9-11)5-8-17-14/h1-2,9,13,16H,3-8,10H2/t13-/m1/s1.